The molecule has 1 aliphatic rings. The Labute approximate surface area is 122 Å². The Morgan fingerprint density at radius 3 is 2.81 bits per heavy atom. The van der Waals surface area contributed by atoms with Gasteiger partial charge < -0.3 is 4.90 Å². The molecule has 1 N–H and O–H groups in total. The highest BCUT2D eigenvalue weighted by Crippen LogP contribution is 2.22. The minimum absolute atomic E-state index is 0.0941. The molecule has 110 valence electrons. The lowest BCUT2D eigenvalue weighted by Gasteiger charge is -2.25. The van der Waals surface area contributed by atoms with Gasteiger partial charge in [0.15, 0.2) is 11.5 Å². The average molecular weight is 288 g/mol. The third-order valence-electron chi connectivity index (χ3n) is 3.72. The summed E-state index contributed by atoms with van der Waals surface area (Å²) < 4.78 is 13.8. The zero-order valence-electron chi connectivity index (χ0n) is 11.9. The third kappa shape index (κ3) is 2.79. The van der Waals surface area contributed by atoms with Gasteiger partial charge in [-0.1, -0.05) is 0 Å². The summed E-state index contributed by atoms with van der Waals surface area (Å²) in [6, 6.07) is 3.24. The van der Waals surface area contributed by atoms with Crippen molar-refractivity contribution in [3.63, 3.8) is 0 Å². The summed E-state index contributed by atoms with van der Waals surface area (Å²) in [5, 5.41) is 6.78. The monoisotopic (exact) mass is 288 g/mol. The second-order valence-electron chi connectivity index (χ2n) is 5.33. The number of halogens is 1. The molecule has 1 saturated heterocycles. The Balaban J connectivity index is 1.85. The normalized spacial score (nSPS) is 15.2. The number of likely N-dealkylation sites (tertiary alicyclic amines) is 1. The van der Waals surface area contributed by atoms with E-state index in [9.17, 15) is 9.18 Å². The first-order valence-electron chi connectivity index (χ1n) is 7.12. The van der Waals surface area contributed by atoms with Crippen molar-refractivity contribution >= 4 is 5.91 Å². The molecule has 0 atom stereocenters. The van der Waals surface area contributed by atoms with E-state index in [0.29, 0.717) is 22.6 Å². The lowest BCUT2D eigenvalue weighted by atomic mass is 10.1. The maximum absolute atomic E-state index is 13.8. The molecule has 0 unspecified atom stereocenters. The van der Waals surface area contributed by atoms with Crippen LogP contribution in [0.4, 0.5) is 4.39 Å². The number of hydrogen-bond acceptors (Lipinski definition) is 3. The number of aromatic nitrogens is 3. The predicted molar refractivity (Wildman–Crippen MR) is 76.3 cm³/mol. The number of carbonyl (C=O) groups excluding carboxylic acids is 1. The van der Waals surface area contributed by atoms with Crippen LogP contribution >= 0.6 is 0 Å². The van der Waals surface area contributed by atoms with Crippen LogP contribution in [0.25, 0.3) is 11.3 Å². The Hall–Kier alpha value is -2.24. The van der Waals surface area contributed by atoms with E-state index in [1.807, 2.05) is 0 Å². The van der Waals surface area contributed by atoms with Crippen LogP contribution in [0.1, 0.15) is 35.4 Å². The number of hydrogen-bond donors (Lipinski definition) is 1. The summed E-state index contributed by atoms with van der Waals surface area (Å²) in [7, 11) is 0. The van der Waals surface area contributed by atoms with Gasteiger partial charge in [-0.2, -0.15) is 5.10 Å². The first-order chi connectivity index (χ1) is 10.1. The molecule has 0 saturated carbocycles. The molecular weight excluding hydrogens is 271 g/mol. The van der Waals surface area contributed by atoms with Gasteiger partial charge >= 0.3 is 0 Å². The maximum Gasteiger partial charge on any atom is 0.274 e. The summed E-state index contributed by atoms with van der Waals surface area (Å²) in [6.07, 6.45) is 4.40. The number of pyridine rings is 1. The van der Waals surface area contributed by atoms with Crippen molar-refractivity contribution in [2.24, 2.45) is 0 Å². The van der Waals surface area contributed by atoms with Gasteiger partial charge in [0.1, 0.15) is 0 Å². The quantitative estimate of drug-likeness (QED) is 0.923. The minimum Gasteiger partial charge on any atom is -0.337 e. The van der Waals surface area contributed by atoms with E-state index >= 15 is 0 Å². The molecule has 0 radical (unpaired) electrons. The van der Waals surface area contributed by atoms with E-state index < -0.39 is 5.82 Å². The average Bonchev–Trinajstić information content (AvgIpc) is 2.99. The van der Waals surface area contributed by atoms with Crippen molar-refractivity contribution in [1.82, 2.24) is 20.1 Å². The number of amides is 1. The van der Waals surface area contributed by atoms with Crippen molar-refractivity contribution in [2.45, 2.75) is 26.2 Å². The van der Waals surface area contributed by atoms with Crippen LogP contribution < -0.4 is 0 Å². The maximum atomic E-state index is 13.8. The smallest absolute Gasteiger partial charge is 0.274 e. The highest BCUT2D eigenvalue weighted by Gasteiger charge is 2.21. The number of aromatic amines is 1. The standard InChI is InChI=1S/C15H17FN4O/c1-10-7-11(12(16)9-17-10)13-8-14(19-18-13)15(21)20-5-3-2-4-6-20/h7-9H,2-6H2,1H3,(H,18,19). The molecule has 2 aromatic heterocycles. The van der Waals surface area contributed by atoms with Gasteiger partial charge in [0.2, 0.25) is 0 Å². The number of H-pyrrole nitrogens is 1. The van der Waals surface area contributed by atoms with E-state index in [0.717, 1.165) is 32.4 Å². The van der Waals surface area contributed by atoms with Crippen molar-refractivity contribution < 1.29 is 9.18 Å². The highest BCUT2D eigenvalue weighted by molar-refractivity contribution is 5.93. The lowest BCUT2D eigenvalue weighted by molar-refractivity contribution is 0.0718. The predicted octanol–water partition coefficient (Wildman–Crippen LogP) is 2.55. The van der Waals surface area contributed by atoms with Gasteiger partial charge in [-0.3, -0.25) is 14.9 Å². The molecule has 0 spiro atoms. The van der Waals surface area contributed by atoms with Crippen molar-refractivity contribution in [3.8, 4) is 11.3 Å². The molecule has 1 fully saturated rings. The zero-order chi connectivity index (χ0) is 14.8. The number of nitrogens with one attached hydrogen (secondary N) is 1. The Bertz CT molecular complexity index is 661. The van der Waals surface area contributed by atoms with Crippen LogP contribution in [-0.2, 0) is 0 Å². The number of carbonyl (C=O) groups is 1. The Morgan fingerprint density at radius 2 is 2.05 bits per heavy atom. The Morgan fingerprint density at radius 1 is 1.29 bits per heavy atom. The molecule has 0 aliphatic carbocycles. The van der Waals surface area contributed by atoms with Crippen LogP contribution in [0.3, 0.4) is 0 Å². The summed E-state index contributed by atoms with van der Waals surface area (Å²) in [5.74, 6) is -0.524. The molecule has 1 amide bonds. The molecule has 3 rings (SSSR count). The third-order valence-corrected chi connectivity index (χ3v) is 3.72. The topological polar surface area (TPSA) is 61.9 Å². The van der Waals surface area contributed by atoms with Crippen LogP contribution in [0.5, 0.6) is 0 Å². The summed E-state index contributed by atoms with van der Waals surface area (Å²) in [6.45, 7) is 3.33. The van der Waals surface area contributed by atoms with E-state index in [1.165, 1.54) is 6.20 Å². The molecular formula is C15H17FN4O. The second-order valence-corrected chi connectivity index (χ2v) is 5.33. The number of nitrogens with zero attached hydrogens (tertiary/aromatic N) is 3. The van der Waals surface area contributed by atoms with Crippen molar-refractivity contribution in [2.75, 3.05) is 13.1 Å². The molecule has 0 aromatic carbocycles. The van der Waals surface area contributed by atoms with Gasteiger partial charge in [-0.15, -0.1) is 0 Å². The van der Waals surface area contributed by atoms with E-state index in [1.54, 1.807) is 24.0 Å². The molecule has 5 nitrogen and oxygen atoms in total. The van der Waals surface area contributed by atoms with Crippen LogP contribution in [-0.4, -0.2) is 39.1 Å². The zero-order valence-corrected chi connectivity index (χ0v) is 11.9. The van der Waals surface area contributed by atoms with Crippen LogP contribution in [0.2, 0.25) is 0 Å². The summed E-state index contributed by atoms with van der Waals surface area (Å²) in [4.78, 5) is 18.0. The molecule has 2 aromatic rings. The van der Waals surface area contributed by atoms with Gasteiger partial charge in [-0.25, -0.2) is 4.39 Å². The van der Waals surface area contributed by atoms with Gasteiger partial charge in [0, 0.05) is 24.3 Å². The SMILES string of the molecule is Cc1cc(-c2cc(C(=O)N3CCCCC3)n[nH]2)c(F)cn1. The van der Waals surface area contributed by atoms with Gasteiger partial charge in [0.25, 0.3) is 5.91 Å². The number of aryl methyl sites for hydroxylation is 1. The fraction of sp³-hybridized carbons (Fsp3) is 0.400. The highest BCUT2D eigenvalue weighted by atomic mass is 19.1. The van der Waals surface area contributed by atoms with Crippen LogP contribution in [0, 0.1) is 12.7 Å². The fourth-order valence-electron chi connectivity index (χ4n) is 2.58. The van der Waals surface area contributed by atoms with Crippen molar-refractivity contribution in [1.29, 1.82) is 0 Å². The van der Waals surface area contributed by atoms with E-state index in [-0.39, 0.29) is 5.91 Å². The van der Waals surface area contributed by atoms with E-state index in [4.69, 9.17) is 0 Å². The largest absolute Gasteiger partial charge is 0.337 e. The first-order valence-corrected chi connectivity index (χ1v) is 7.12. The lowest BCUT2D eigenvalue weighted by Crippen LogP contribution is -2.35. The molecule has 6 heteroatoms. The second kappa shape index (κ2) is 5.63. The van der Waals surface area contributed by atoms with E-state index in [2.05, 4.69) is 15.2 Å². The fourth-order valence-corrected chi connectivity index (χ4v) is 2.58. The first kappa shape index (κ1) is 13.7. The molecule has 3 heterocycles. The summed E-state index contributed by atoms with van der Waals surface area (Å²) >= 11 is 0. The Kier molecular flexibility index (Phi) is 3.68. The number of rotatable bonds is 2. The number of piperidine rings is 1. The minimum atomic E-state index is -0.429. The van der Waals surface area contributed by atoms with Crippen molar-refractivity contribution in [3.05, 3.63) is 35.5 Å². The molecule has 0 bridgehead atoms. The molecule has 21 heavy (non-hydrogen) atoms. The van der Waals surface area contributed by atoms with Gasteiger partial charge in [0.05, 0.1) is 11.9 Å². The van der Waals surface area contributed by atoms with Crippen LogP contribution in [0.15, 0.2) is 18.3 Å². The van der Waals surface area contributed by atoms with Gasteiger partial charge in [-0.05, 0) is 38.3 Å². The molecule has 1 aliphatic heterocycles. The summed E-state index contributed by atoms with van der Waals surface area (Å²) in [5.41, 5.74) is 1.93.